The molecule has 1 N–H and O–H groups in total. The van der Waals surface area contributed by atoms with Gasteiger partial charge in [0.2, 0.25) is 10.0 Å². The second-order valence-corrected chi connectivity index (χ2v) is 9.73. The number of rotatable bonds is 11. The Balaban J connectivity index is 1.75. The molecule has 3 rings (SSSR count). The van der Waals surface area contributed by atoms with E-state index in [-0.39, 0.29) is 18.0 Å². The summed E-state index contributed by atoms with van der Waals surface area (Å²) in [4.78, 5) is 12.8. The molecule has 1 amide bonds. The molecule has 0 aliphatic carbocycles. The van der Waals surface area contributed by atoms with E-state index in [9.17, 15) is 13.2 Å². The fourth-order valence-corrected chi connectivity index (χ4v) is 4.75. The predicted octanol–water partition coefficient (Wildman–Crippen LogP) is 3.40. The van der Waals surface area contributed by atoms with Crippen LogP contribution < -0.4 is 14.9 Å². The van der Waals surface area contributed by atoms with Crippen LogP contribution in [0.2, 0.25) is 0 Å². The fraction of sp³-hybridized carbons (Fsp3) is 0.231. The van der Waals surface area contributed by atoms with Crippen LogP contribution in [0.1, 0.15) is 16.7 Å². The van der Waals surface area contributed by atoms with E-state index in [0.29, 0.717) is 23.5 Å². The molecule has 0 spiro atoms. The number of carbonyl (C=O) groups excluding carboxylic acids is 1. The average molecular weight is 496 g/mol. The van der Waals surface area contributed by atoms with E-state index >= 15 is 0 Å². The average Bonchev–Trinajstić information content (AvgIpc) is 2.87. The Labute approximate surface area is 206 Å². The molecule has 0 saturated carbocycles. The maximum atomic E-state index is 13.3. The highest BCUT2D eigenvalue weighted by Gasteiger charge is 2.26. The first-order valence-corrected chi connectivity index (χ1v) is 12.4. The molecule has 3 aromatic rings. The van der Waals surface area contributed by atoms with Gasteiger partial charge in [-0.2, -0.15) is 9.41 Å². The molecule has 184 valence electrons. The highest BCUT2D eigenvalue weighted by Crippen LogP contribution is 2.22. The number of hydrazone groups is 1. The number of methoxy groups -OCH3 is 2. The summed E-state index contributed by atoms with van der Waals surface area (Å²) in [5.41, 5.74) is 4.92. The molecule has 3 aromatic carbocycles. The van der Waals surface area contributed by atoms with Crippen molar-refractivity contribution in [3.63, 3.8) is 0 Å². The summed E-state index contributed by atoms with van der Waals surface area (Å²) >= 11 is 0. The van der Waals surface area contributed by atoms with E-state index in [1.165, 1.54) is 17.6 Å². The first kappa shape index (κ1) is 25.9. The maximum Gasteiger partial charge on any atom is 0.255 e. The predicted molar refractivity (Wildman–Crippen MR) is 135 cm³/mol. The monoisotopic (exact) mass is 495 g/mol. The van der Waals surface area contributed by atoms with Gasteiger partial charge in [-0.15, -0.1) is 0 Å². The summed E-state index contributed by atoms with van der Waals surface area (Å²) in [7, 11) is -0.825. The van der Waals surface area contributed by atoms with E-state index in [4.69, 9.17) is 9.47 Å². The van der Waals surface area contributed by atoms with E-state index in [1.807, 2.05) is 37.3 Å². The molecular formula is C26H29N3O5S. The lowest BCUT2D eigenvalue weighted by atomic mass is 10.1. The van der Waals surface area contributed by atoms with Crippen LogP contribution in [0.3, 0.4) is 0 Å². The van der Waals surface area contributed by atoms with Crippen LogP contribution in [0.4, 0.5) is 0 Å². The summed E-state index contributed by atoms with van der Waals surface area (Å²) in [5, 5.41) is 3.98. The molecule has 0 aromatic heterocycles. The molecular weight excluding hydrogens is 466 g/mol. The van der Waals surface area contributed by atoms with Gasteiger partial charge in [-0.25, -0.2) is 13.8 Å². The quantitative estimate of drug-likeness (QED) is 0.325. The van der Waals surface area contributed by atoms with Crippen molar-refractivity contribution in [1.82, 2.24) is 9.73 Å². The molecule has 0 aliphatic rings. The molecule has 0 saturated heterocycles. The lowest BCUT2D eigenvalue weighted by Crippen LogP contribution is -2.40. The Bertz CT molecular complexity index is 1260. The maximum absolute atomic E-state index is 13.3. The Kier molecular flexibility index (Phi) is 8.99. The van der Waals surface area contributed by atoms with Gasteiger partial charge in [-0.1, -0.05) is 48.0 Å². The van der Waals surface area contributed by atoms with Crippen LogP contribution in [-0.2, 0) is 21.2 Å². The Morgan fingerprint density at radius 3 is 2.37 bits per heavy atom. The van der Waals surface area contributed by atoms with Crippen molar-refractivity contribution in [2.24, 2.45) is 5.10 Å². The molecule has 0 aliphatic heterocycles. The third-order valence-electron chi connectivity index (χ3n) is 5.30. The molecule has 8 nitrogen and oxygen atoms in total. The standard InChI is InChI=1S/C26H29N3O5S/c1-20-9-12-24(13-10-20)35(31,32)29(16-15-21-7-5-4-6-8-21)19-26(30)28-27-18-22-17-23(33-2)11-14-25(22)34-3/h4-14,17-18H,15-16,19H2,1-3H3,(H,28,30)/b27-18-. The summed E-state index contributed by atoms with van der Waals surface area (Å²) in [6.07, 6.45) is 1.88. The van der Waals surface area contributed by atoms with Gasteiger partial charge in [-0.05, 0) is 49.2 Å². The van der Waals surface area contributed by atoms with Gasteiger partial charge in [0.05, 0.1) is 31.9 Å². The molecule has 0 fully saturated rings. The minimum atomic E-state index is -3.90. The van der Waals surface area contributed by atoms with Crippen LogP contribution in [0, 0.1) is 6.92 Å². The van der Waals surface area contributed by atoms with Crippen LogP contribution in [0.5, 0.6) is 11.5 Å². The molecule has 0 radical (unpaired) electrons. The first-order valence-electron chi connectivity index (χ1n) is 11.0. The van der Waals surface area contributed by atoms with Crippen molar-refractivity contribution in [3.8, 4) is 11.5 Å². The van der Waals surface area contributed by atoms with Gasteiger partial charge in [0.15, 0.2) is 0 Å². The minimum absolute atomic E-state index is 0.133. The van der Waals surface area contributed by atoms with Crippen LogP contribution in [-0.4, -0.2) is 52.2 Å². The topological polar surface area (TPSA) is 97.3 Å². The largest absolute Gasteiger partial charge is 0.497 e. The number of sulfonamides is 1. The number of benzene rings is 3. The zero-order valence-corrected chi connectivity index (χ0v) is 20.8. The van der Waals surface area contributed by atoms with Crippen molar-refractivity contribution in [2.75, 3.05) is 27.3 Å². The van der Waals surface area contributed by atoms with Gasteiger partial charge in [-0.3, -0.25) is 4.79 Å². The zero-order valence-electron chi connectivity index (χ0n) is 20.0. The second kappa shape index (κ2) is 12.1. The summed E-state index contributed by atoms with van der Waals surface area (Å²) in [6.45, 7) is 1.64. The van der Waals surface area contributed by atoms with Gasteiger partial charge in [0.1, 0.15) is 11.5 Å². The Morgan fingerprint density at radius 2 is 1.71 bits per heavy atom. The first-order chi connectivity index (χ1) is 16.8. The number of hydrogen-bond acceptors (Lipinski definition) is 6. The normalized spacial score (nSPS) is 11.5. The van der Waals surface area contributed by atoms with Crippen molar-refractivity contribution in [2.45, 2.75) is 18.2 Å². The third kappa shape index (κ3) is 7.14. The number of nitrogens with one attached hydrogen (secondary N) is 1. The van der Waals surface area contributed by atoms with E-state index in [1.54, 1.807) is 49.6 Å². The van der Waals surface area contributed by atoms with Crippen LogP contribution >= 0.6 is 0 Å². The lowest BCUT2D eigenvalue weighted by Gasteiger charge is -2.21. The number of aryl methyl sites for hydroxylation is 1. The van der Waals surface area contributed by atoms with Crippen LogP contribution in [0.25, 0.3) is 0 Å². The Hall–Kier alpha value is -3.69. The minimum Gasteiger partial charge on any atom is -0.497 e. The lowest BCUT2D eigenvalue weighted by molar-refractivity contribution is -0.121. The number of carbonyl (C=O) groups is 1. The van der Waals surface area contributed by atoms with Gasteiger partial charge in [0.25, 0.3) is 5.91 Å². The molecule has 0 unspecified atom stereocenters. The number of hydrogen-bond donors (Lipinski definition) is 1. The van der Waals surface area contributed by atoms with Crippen molar-refractivity contribution < 1.29 is 22.7 Å². The zero-order chi connectivity index (χ0) is 25.3. The highest BCUT2D eigenvalue weighted by molar-refractivity contribution is 7.89. The van der Waals surface area contributed by atoms with Gasteiger partial charge in [0, 0.05) is 12.1 Å². The third-order valence-corrected chi connectivity index (χ3v) is 7.16. The summed E-state index contributed by atoms with van der Waals surface area (Å²) in [5.74, 6) is 0.594. The van der Waals surface area contributed by atoms with Gasteiger partial charge >= 0.3 is 0 Å². The smallest absolute Gasteiger partial charge is 0.255 e. The van der Waals surface area contributed by atoms with E-state index in [0.717, 1.165) is 11.1 Å². The Morgan fingerprint density at radius 1 is 1.00 bits per heavy atom. The molecule has 0 bridgehead atoms. The number of ether oxygens (including phenoxy) is 2. The number of nitrogens with zero attached hydrogens (tertiary/aromatic N) is 2. The highest BCUT2D eigenvalue weighted by atomic mass is 32.2. The molecule has 35 heavy (non-hydrogen) atoms. The summed E-state index contributed by atoms with van der Waals surface area (Å²) in [6, 6.07) is 21.3. The SMILES string of the molecule is COc1ccc(OC)c(/C=N\NC(=O)CN(CCc2ccccc2)S(=O)(=O)c2ccc(C)cc2)c1. The molecule has 0 atom stereocenters. The van der Waals surface area contributed by atoms with Crippen molar-refractivity contribution in [1.29, 1.82) is 0 Å². The van der Waals surface area contributed by atoms with E-state index in [2.05, 4.69) is 10.5 Å². The summed E-state index contributed by atoms with van der Waals surface area (Å²) < 4.78 is 38.3. The molecule has 0 heterocycles. The molecule has 9 heteroatoms. The van der Waals surface area contributed by atoms with Crippen LogP contribution in [0.15, 0.2) is 82.8 Å². The van der Waals surface area contributed by atoms with Crippen molar-refractivity contribution >= 4 is 22.1 Å². The second-order valence-electron chi connectivity index (χ2n) is 7.79. The van der Waals surface area contributed by atoms with Crippen molar-refractivity contribution in [3.05, 3.63) is 89.5 Å². The van der Waals surface area contributed by atoms with Gasteiger partial charge < -0.3 is 9.47 Å². The fourth-order valence-electron chi connectivity index (χ4n) is 3.35. The van der Waals surface area contributed by atoms with E-state index < -0.39 is 15.9 Å². The number of amides is 1.